The molecule has 5 nitrogen and oxygen atoms in total. The van der Waals surface area contributed by atoms with E-state index in [0.717, 1.165) is 47.4 Å². The van der Waals surface area contributed by atoms with Crippen molar-refractivity contribution in [3.63, 3.8) is 0 Å². The maximum atomic E-state index is 13.5. The van der Waals surface area contributed by atoms with Gasteiger partial charge in [0, 0.05) is 42.9 Å². The van der Waals surface area contributed by atoms with Crippen LogP contribution in [0.15, 0.2) is 24.3 Å². The van der Waals surface area contributed by atoms with Crippen LogP contribution in [0.2, 0.25) is 18.1 Å². The number of aliphatic hydroxyl groups is 1. The molecule has 1 saturated heterocycles. The Hall–Kier alpha value is -1.78. The van der Waals surface area contributed by atoms with E-state index >= 15 is 0 Å². The minimum Gasteiger partial charge on any atom is -0.410 e. The second-order valence-electron chi connectivity index (χ2n) is 15.3. The van der Waals surface area contributed by atoms with E-state index in [1.54, 1.807) is 13.8 Å². The summed E-state index contributed by atoms with van der Waals surface area (Å²) >= 11 is 0. The summed E-state index contributed by atoms with van der Waals surface area (Å²) in [5, 5.41) is 11.5. The zero-order chi connectivity index (χ0) is 31.1. The van der Waals surface area contributed by atoms with Gasteiger partial charge in [0.05, 0.1) is 23.0 Å². The number of pyridine rings is 1. The lowest BCUT2D eigenvalue weighted by molar-refractivity contribution is -0.137. The monoisotopic (exact) mass is 605 g/mol. The summed E-state index contributed by atoms with van der Waals surface area (Å²) in [6.07, 6.45) is -2.56. The van der Waals surface area contributed by atoms with Gasteiger partial charge in [-0.1, -0.05) is 46.8 Å². The van der Waals surface area contributed by atoms with Gasteiger partial charge in [-0.3, -0.25) is 4.98 Å². The van der Waals surface area contributed by atoms with E-state index in [4.69, 9.17) is 18.9 Å². The molecule has 1 aromatic heterocycles. The first-order valence-electron chi connectivity index (χ1n) is 15.1. The second-order valence-corrected chi connectivity index (χ2v) is 20.1. The third kappa shape index (κ3) is 5.60. The Kier molecular flexibility index (Phi) is 7.63. The van der Waals surface area contributed by atoms with Crippen molar-refractivity contribution in [2.45, 2.75) is 122 Å². The van der Waals surface area contributed by atoms with E-state index in [9.17, 15) is 18.3 Å². The fourth-order valence-electron chi connectivity index (χ4n) is 6.61. The Morgan fingerprint density at radius 3 is 2.10 bits per heavy atom. The van der Waals surface area contributed by atoms with E-state index in [0.29, 0.717) is 37.3 Å². The maximum absolute atomic E-state index is 13.5. The van der Waals surface area contributed by atoms with Crippen LogP contribution < -0.4 is 0 Å². The molecule has 9 heteroatoms. The van der Waals surface area contributed by atoms with Gasteiger partial charge in [0.15, 0.2) is 8.32 Å². The maximum Gasteiger partial charge on any atom is 0.416 e. The van der Waals surface area contributed by atoms with E-state index in [-0.39, 0.29) is 16.6 Å². The number of halogens is 3. The van der Waals surface area contributed by atoms with Crippen molar-refractivity contribution in [3.8, 4) is 0 Å². The summed E-state index contributed by atoms with van der Waals surface area (Å²) in [5.41, 5.74) is 2.08. The zero-order valence-electron chi connectivity index (χ0n) is 26.5. The number of hydrogen-bond acceptors (Lipinski definition) is 5. The van der Waals surface area contributed by atoms with Gasteiger partial charge in [0.25, 0.3) is 0 Å². The number of alkyl halides is 3. The number of rotatable bonds is 4. The molecular formula is C33H46F3NO4Si. The predicted octanol–water partition coefficient (Wildman–Crippen LogP) is 8.49. The molecule has 1 spiro atoms. The molecule has 0 radical (unpaired) electrons. The van der Waals surface area contributed by atoms with Gasteiger partial charge in [-0.25, -0.2) is 0 Å². The molecule has 3 heterocycles. The highest BCUT2D eigenvalue weighted by Crippen LogP contribution is 2.59. The molecule has 1 aromatic carbocycles. The second kappa shape index (κ2) is 10.1. The highest BCUT2D eigenvalue weighted by Gasteiger charge is 2.54. The van der Waals surface area contributed by atoms with Gasteiger partial charge in [-0.2, -0.15) is 13.2 Å². The third-order valence-corrected chi connectivity index (χ3v) is 14.3. The molecule has 1 fully saturated rings. The van der Waals surface area contributed by atoms with Gasteiger partial charge in [-0.15, -0.1) is 0 Å². The quantitative estimate of drug-likeness (QED) is 0.354. The largest absolute Gasteiger partial charge is 0.416 e. The Bertz CT molecular complexity index is 1330. The molecule has 0 saturated carbocycles. The number of ether oxygens (including phenoxy) is 2. The van der Waals surface area contributed by atoms with Gasteiger partial charge in [0.1, 0.15) is 11.7 Å². The van der Waals surface area contributed by atoms with Crippen LogP contribution in [0.3, 0.4) is 0 Å². The SMILES string of the molecule is CC1(C)Cc2nc(C(C)(C)O)c3c(c2[C@@H](O[Si](C)(C)C(C)(C)C)C1)C1(CCOCC1)O[C@@H]3c1ccc(C(F)(F)F)cc1. The average Bonchev–Trinajstić information content (AvgIpc) is 3.15. The Morgan fingerprint density at radius 2 is 1.57 bits per heavy atom. The van der Waals surface area contributed by atoms with Crippen molar-refractivity contribution in [1.82, 2.24) is 4.98 Å². The van der Waals surface area contributed by atoms with Gasteiger partial charge < -0.3 is 19.0 Å². The molecule has 232 valence electrons. The normalized spacial score (nSPS) is 24.0. The molecule has 1 aliphatic carbocycles. The van der Waals surface area contributed by atoms with Crippen molar-refractivity contribution in [1.29, 1.82) is 0 Å². The fourth-order valence-corrected chi connectivity index (χ4v) is 7.88. The van der Waals surface area contributed by atoms with E-state index in [1.165, 1.54) is 12.1 Å². The molecule has 0 bridgehead atoms. The van der Waals surface area contributed by atoms with E-state index < -0.39 is 37.4 Å². The minimum absolute atomic E-state index is 0.00594. The molecule has 2 atom stereocenters. The zero-order valence-corrected chi connectivity index (χ0v) is 27.5. The van der Waals surface area contributed by atoms with Crippen molar-refractivity contribution >= 4 is 8.32 Å². The van der Waals surface area contributed by atoms with Crippen LogP contribution in [0.25, 0.3) is 0 Å². The van der Waals surface area contributed by atoms with Crippen molar-refractivity contribution in [2.24, 2.45) is 5.41 Å². The summed E-state index contributed by atoms with van der Waals surface area (Å²) in [6, 6.07) is 5.20. The highest BCUT2D eigenvalue weighted by molar-refractivity contribution is 6.74. The summed E-state index contributed by atoms with van der Waals surface area (Å²) in [4.78, 5) is 5.20. The molecule has 3 aliphatic rings. The first-order chi connectivity index (χ1) is 19.2. The van der Waals surface area contributed by atoms with Gasteiger partial charge in [0.2, 0.25) is 0 Å². The molecular weight excluding hydrogens is 559 g/mol. The molecule has 42 heavy (non-hydrogen) atoms. The Morgan fingerprint density at radius 1 is 0.976 bits per heavy atom. The van der Waals surface area contributed by atoms with Crippen LogP contribution in [-0.2, 0) is 37.7 Å². The Labute approximate surface area is 249 Å². The number of hydrogen-bond donors (Lipinski definition) is 1. The van der Waals surface area contributed by atoms with E-state index in [1.807, 2.05) is 0 Å². The number of nitrogens with zero attached hydrogens (tertiary/aromatic N) is 1. The predicted molar refractivity (Wildman–Crippen MR) is 159 cm³/mol. The lowest BCUT2D eigenvalue weighted by atomic mass is 9.69. The van der Waals surface area contributed by atoms with Crippen LogP contribution in [0.5, 0.6) is 0 Å². The third-order valence-electron chi connectivity index (χ3n) is 9.78. The summed E-state index contributed by atoms with van der Waals surface area (Å²) in [5.74, 6) is 0. The van der Waals surface area contributed by atoms with Gasteiger partial charge in [-0.05, 0) is 73.5 Å². The fraction of sp³-hybridized carbons (Fsp3) is 0.667. The molecule has 2 aliphatic heterocycles. The van der Waals surface area contributed by atoms with Crippen molar-refractivity contribution in [3.05, 3.63) is 63.5 Å². The summed E-state index contributed by atoms with van der Waals surface area (Å²) in [7, 11) is -2.22. The van der Waals surface area contributed by atoms with Crippen LogP contribution in [0.1, 0.15) is 119 Å². The first-order valence-corrected chi connectivity index (χ1v) is 18.0. The molecule has 2 aromatic rings. The number of benzene rings is 1. The molecule has 0 unspecified atom stereocenters. The van der Waals surface area contributed by atoms with Crippen LogP contribution in [-0.4, -0.2) is 31.6 Å². The standard InChI is InChI=1S/C33H46F3NO4Si/c1-29(2,3)42(8,9)41-23-19-30(4,5)18-22-24(23)26-25(28(37-22)31(6,7)38)27(40-32(26)14-16-39-17-15-32)20-10-12-21(13-11-20)33(34,35)36/h10-13,23,27,38H,14-19H2,1-9H3/t23-,27+/m0/s1. The first kappa shape index (κ1) is 31.6. The molecule has 0 amide bonds. The lowest BCUT2D eigenvalue weighted by Gasteiger charge is -2.46. The Balaban J connectivity index is 1.79. The lowest BCUT2D eigenvalue weighted by Crippen LogP contribution is -2.45. The van der Waals surface area contributed by atoms with E-state index in [2.05, 4.69) is 47.7 Å². The van der Waals surface area contributed by atoms with Crippen LogP contribution in [0, 0.1) is 5.41 Å². The minimum atomic E-state index is -4.44. The summed E-state index contributed by atoms with van der Waals surface area (Å²) < 4.78 is 60.4. The average molecular weight is 606 g/mol. The van der Waals surface area contributed by atoms with Crippen molar-refractivity contribution in [2.75, 3.05) is 13.2 Å². The highest BCUT2D eigenvalue weighted by atomic mass is 28.4. The summed E-state index contributed by atoms with van der Waals surface area (Å²) in [6.45, 7) is 20.2. The smallest absolute Gasteiger partial charge is 0.410 e. The molecule has 5 rings (SSSR count). The number of aromatic nitrogens is 1. The number of fused-ring (bicyclic) bond motifs is 4. The van der Waals surface area contributed by atoms with Gasteiger partial charge >= 0.3 is 6.18 Å². The van der Waals surface area contributed by atoms with Crippen LogP contribution >= 0.6 is 0 Å². The van der Waals surface area contributed by atoms with Crippen LogP contribution in [0.4, 0.5) is 13.2 Å². The molecule has 1 N–H and O–H groups in total. The topological polar surface area (TPSA) is 60.8 Å². The van der Waals surface area contributed by atoms with Crippen molar-refractivity contribution < 1.29 is 32.2 Å².